The maximum absolute atomic E-state index is 4.46. The predicted molar refractivity (Wildman–Crippen MR) is 79.8 cm³/mol. The van der Waals surface area contributed by atoms with Gasteiger partial charge in [-0.15, -0.1) is 0 Å². The molecule has 19 heavy (non-hydrogen) atoms. The van der Waals surface area contributed by atoms with E-state index >= 15 is 0 Å². The molecule has 1 N–H and O–H groups in total. The number of nitrogens with zero attached hydrogens (tertiary/aromatic N) is 3. The highest BCUT2D eigenvalue weighted by Gasteiger charge is 2.38. The molecule has 4 heteroatoms. The summed E-state index contributed by atoms with van der Waals surface area (Å²) in [4.78, 5) is 9.15. The van der Waals surface area contributed by atoms with Gasteiger partial charge in [0.1, 0.15) is 5.82 Å². The first kappa shape index (κ1) is 12.7. The van der Waals surface area contributed by atoms with E-state index in [1.165, 1.54) is 25.8 Å². The van der Waals surface area contributed by atoms with Gasteiger partial charge in [0, 0.05) is 38.8 Å². The van der Waals surface area contributed by atoms with Crippen molar-refractivity contribution in [1.29, 1.82) is 0 Å². The van der Waals surface area contributed by atoms with E-state index < -0.39 is 0 Å². The van der Waals surface area contributed by atoms with E-state index in [-0.39, 0.29) is 0 Å². The highest BCUT2D eigenvalue weighted by atomic mass is 15.3. The lowest BCUT2D eigenvalue weighted by Gasteiger charge is -2.20. The Bertz CT molecular complexity index is 424. The van der Waals surface area contributed by atoms with Crippen molar-refractivity contribution in [1.82, 2.24) is 9.88 Å². The van der Waals surface area contributed by atoms with Crippen LogP contribution < -0.4 is 10.2 Å². The topological polar surface area (TPSA) is 31.4 Å². The van der Waals surface area contributed by atoms with Gasteiger partial charge in [-0.25, -0.2) is 4.98 Å². The molecular formula is C15H24N4. The van der Waals surface area contributed by atoms with E-state index in [9.17, 15) is 0 Å². The molecule has 2 heterocycles. The molecule has 3 rings (SSSR count). The summed E-state index contributed by atoms with van der Waals surface area (Å²) in [6, 6.07) is 6.37. The number of anilines is 2. The minimum atomic E-state index is 0.572. The van der Waals surface area contributed by atoms with Gasteiger partial charge >= 0.3 is 0 Å². The zero-order chi connectivity index (χ0) is 13.4. The Morgan fingerprint density at radius 1 is 1.32 bits per heavy atom. The van der Waals surface area contributed by atoms with Crippen molar-refractivity contribution in [2.45, 2.75) is 44.3 Å². The van der Waals surface area contributed by atoms with Crippen molar-refractivity contribution in [3.63, 3.8) is 0 Å². The van der Waals surface area contributed by atoms with Crippen LogP contribution in [0.2, 0.25) is 0 Å². The monoisotopic (exact) mass is 260 g/mol. The molecule has 1 saturated carbocycles. The van der Waals surface area contributed by atoms with Crippen LogP contribution >= 0.6 is 0 Å². The van der Waals surface area contributed by atoms with Crippen molar-refractivity contribution >= 4 is 11.5 Å². The van der Waals surface area contributed by atoms with Gasteiger partial charge in [-0.2, -0.15) is 0 Å². The first-order valence-corrected chi connectivity index (χ1v) is 7.29. The van der Waals surface area contributed by atoms with E-state index in [2.05, 4.69) is 34.3 Å². The molecular weight excluding hydrogens is 236 g/mol. The SMILES string of the molecule is CC1CC(Nc2ccc(N(C)C)nc2)CN1C1CC1. The average Bonchev–Trinajstić information content (AvgIpc) is 3.15. The van der Waals surface area contributed by atoms with E-state index in [0.717, 1.165) is 23.6 Å². The Morgan fingerprint density at radius 3 is 2.68 bits per heavy atom. The quantitative estimate of drug-likeness (QED) is 0.899. The van der Waals surface area contributed by atoms with Gasteiger partial charge in [0.25, 0.3) is 0 Å². The minimum Gasteiger partial charge on any atom is -0.380 e. The van der Waals surface area contributed by atoms with Gasteiger partial charge in [-0.05, 0) is 38.3 Å². The number of pyridine rings is 1. The van der Waals surface area contributed by atoms with E-state index in [4.69, 9.17) is 0 Å². The summed E-state index contributed by atoms with van der Waals surface area (Å²) in [6.45, 7) is 3.54. The molecule has 2 fully saturated rings. The molecule has 2 aliphatic rings. The lowest BCUT2D eigenvalue weighted by atomic mass is 10.2. The molecule has 0 radical (unpaired) electrons. The molecule has 0 aromatic carbocycles. The zero-order valence-electron chi connectivity index (χ0n) is 12.1. The van der Waals surface area contributed by atoms with Crippen LogP contribution in [-0.4, -0.2) is 48.6 Å². The number of rotatable bonds is 4. The van der Waals surface area contributed by atoms with Crippen LogP contribution in [0.25, 0.3) is 0 Å². The van der Waals surface area contributed by atoms with E-state index in [1.807, 2.05) is 25.2 Å². The first-order chi connectivity index (χ1) is 9.13. The van der Waals surface area contributed by atoms with Crippen molar-refractivity contribution in [2.75, 3.05) is 30.9 Å². The maximum Gasteiger partial charge on any atom is 0.128 e. The molecule has 2 unspecified atom stereocenters. The summed E-state index contributed by atoms with van der Waals surface area (Å²) < 4.78 is 0. The van der Waals surface area contributed by atoms with Gasteiger partial charge < -0.3 is 10.2 Å². The van der Waals surface area contributed by atoms with Crippen LogP contribution in [0.3, 0.4) is 0 Å². The normalized spacial score (nSPS) is 27.5. The van der Waals surface area contributed by atoms with Crippen LogP contribution in [0, 0.1) is 0 Å². The van der Waals surface area contributed by atoms with Crippen molar-refractivity contribution < 1.29 is 0 Å². The van der Waals surface area contributed by atoms with Crippen molar-refractivity contribution in [3.8, 4) is 0 Å². The Labute approximate surface area is 115 Å². The van der Waals surface area contributed by atoms with Crippen molar-refractivity contribution in [3.05, 3.63) is 18.3 Å². The largest absolute Gasteiger partial charge is 0.380 e. The third-order valence-electron chi connectivity index (χ3n) is 4.22. The van der Waals surface area contributed by atoms with Gasteiger partial charge in [0.05, 0.1) is 11.9 Å². The lowest BCUT2D eigenvalue weighted by molar-refractivity contribution is 0.257. The van der Waals surface area contributed by atoms with E-state index in [0.29, 0.717) is 6.04 Å². The maximum atomic E-state index is 4.46. The zero-order valence-corrected chi connectivity index (χ0v) is 12.1. The molecule has 4 nitrogen and oxygen atoms in total. The summed E-state index contributed by atoms with van der Waals surface area (Å²) in [5.74, 6) is 1.00. The van der Waals surface area contributed by atoms with Crippen molar-refractivity contribution in [2.24, 2.45) is 0 Å². The van der Waals surface area contributed by atoms with Crippen LogP contribution in [0.4, 0.5) is 11.5 Å². The van der Waals surface area contributed by atoms with Crippen LogP contribution in [0.1, 0.15) is 26.2 Å². The summed E-state index contributed by atoms with van der Waals surface area (Å²) in [5.41, 5.74) is 1.14. The number of aromatic nitrogens is 1. The third kappa shape index (κ3) is 2.84. The second-order valence-corrected chi connectivity index (χ2v) is 6.15. The number of nitrogens with one attached hydrogen (secondary N) is 1. The van der Waals surface area contributed by atoms with E-state index in [1.54, 1.807) is 0 Å². The molecule has 1 aromatic rings. The number of hydrogen-bond acceptors (Lipinski definition) is 4. The summed E-state index contributed by atoms with van der Waals surface area (Å²) in [5, 5.41) is 3.63. The van der Waals surface area contributed by atoms with Crippen LogP contribution in [0.15, 0.2) is 18.3 Å². The summed E-state index contributed by atoms with van der Waals surface area (Å²) in [6.07, 6.45) is 5.98. The molecule has 0 amide bonds. The Hall–Kier alpha value is -1.29. The molecule has 0 spiro atoms. The Morgan fingerprint density at radius 2 is 2.11 bits per heavy atom. The number of likely N-dealkylation sites (tertiary alicyclic amines) is 1. The Balaban J connectivity index is 1.59. The molecule has 1 aromatic heterocycles. The highest BCUT2D eigenvalue weighted by Crippen LogP contribution is 2.34. The predicted octanol–water partition coefficient (Wildman–Crippen LogP) is 2.18. The lowest BCUT2D eigenvalue weighted by Crippen LogP contribution is -2.31. The molecule has 1 aliphatic carbocycles. The molecule has 1 aliphatic heterocycles. The van der Waals surface area contributed by atoms with Gasteiger partial charge in [0.2, 0.25) is 0 Å². The highest BCUT2D eigenvalue weighted by molar-refractivity contribution is 5.48. The summed E-state index contributed by atoms with van der Waals surface area (Å²) in [7, 11) is 4.03. The van der Waals surface area contributed by atoms with Gasteiger partial charge in [-0.1, -0.05) is 0 Å². The minimum absolute atomic E-state index is 0.572. The third-order valence-corrected chi connectivity index (χ3v) is 4.22. The molecule has 2 atom stereocenters. The second kappa shape index (κ2) is 5.00. The number of hydrogen-bond donors (Lipinski definition) is 1. The van der Waals surface area contributed by atoms with Crippen LogP contribution in [-0.2, 0) is 0 Å². The van der Waals surface area contributed by atoms with Gasteiger partial charge in [0.15, 0.2) is 0 Å². The van der Waals surface area contributed by atoms with Gasteiger partial charge in [-0.3, -0.25) is 4.90 Å². The molecule has 1 saturated heterocycles. The first-order valence-electron chi connectivity index (χ1n) is 7.29. The summed E-state index contributed by atoms with van der Waals surface area (Å²) >= 11 is 0. The Kier molecular flexibility index (Phi) is 3.35. The fourth-order valence-electron chi connectivity index (χ4n) is 3.05. The molecule has 0 bridgehead atoms. The van der Waals surface area contributed by atoms with Crippen LogP contribution in [0.5, 0.6) is 0 Å². The standard InChI is InChI=1S/C15H24N4/c1-11-8-13(10-19(11)14-5-6-14)17-12-4-7-15(16-9-12)18(2)3/h4,7,9,11,13-14,17H,5-6,8,10H2,1-3H3. The second-order valence-electron chi connectivity index (χ2n) is 6.15. The smallest absolute Gasteiger partial charge is 0.128 e. The fraction of sp³-hybridized carbons (Fsp3) is 0.667. The fourth-order valence-corrected chi connectivity index (χ4v) is 3.05. The average molecular weight is 260 g/mol. The molecule has 104 valence electrons.